The Morgan fingerprint density at radius 2 is 1.39 bits per heavy atom. The van der Waals surface area contributed by atoms with Crippen molar-refractivity contribution in [1.82, 2.24) is 0 Å². The molecule has 4 bridgehead atoms. The summed E-state index contributed by atoms with van der Waals surface area (Å²) in [6, 6.07) is 15.2. The molecular formula is C23H27NO2S2. The van der Waals surface area contributed by atoms with Crippen LogP contribution >= 0.6 is 11.8 Å². The molecular weight excluding hydrogens is 386 g/mol. The fourth-order valence-corrected chi connectivity index (χ4v) is 7.68. The summed E-state index contributed by atoms with van der Waals surface area (Å²) in [7, 11) is -3.55. The Morgan fingerprint density at radius 1 is 0.821 bits per heavy atom. The smallest absolute Gasteiger partial charge is 0.261 e. The minimum Gasteiger partial charge on any atom is -0.280 e. The van der Waals surface area contributed by atoms with Crippen LogP contribution in [0.4, 0.5) is 5.69 Å². The fourth-order valence-electron chi connectivity index (χ4n) is 6.21. The lowest BCUT2D eigenvalue weighted by atomic mass is 9.51. The number of benzene rings is 2. The maximum absolute atomic E-state index is 12.7. The van der Waals surface area contributed by atoms with Crippen molar-refractivity contribution in [2.75, 3.05) is 11.0 Å². The van der Waals surface area contributed by atoms with Crippen LogP contribution in [0.3, 0.4) is 0 Å². The second-order valence-electron chi connectivity index (χ2n) is 8.86. The van der Waals surface area contributed by atoms with Gasteiger partial charge in [-0.2, -0.15) is 0 Å². The third-order valence-corrected chi connectivity index (χ3v) is 9.29. The molecule has 2 aromatic rings. The predicted molar refractivity (Wildman–Crippen MR) is 115 cm³/mol. The van der Waals surface area contributed by atoms with E-state index in [2.05, 4.69) is 16.9 Å². The zero-order valence-electron chi connectivity index (χ0n) is 16.2. The summed E-state index contributed by atoms with van der Waals surface area (Å²) in [6.07, 6.45) is 9.05. The molecule has 4 aliphatic rings. The maximum Gasteiger partial charge on any atom is 0.261 e. The van der Waals surface area contributed by atoms with Gasteiger partial charge in [0.25, 0.3) is 10.0 Å². The first-order valence-corrected chi connectivity index (χ1v) is 13.0. The van der Waals surface area contributed by atoms with E-state index in [1.165, 1.54) is 37.7 Å². The molecule has 5 heteroatoms. The Bertz CT molecular complexity index is 923. The highest BCUT2D eigenvalue weighted by molar-refractivity contribution is 7.98. The van der Waals surface area contributed by atoms with Crippen molar-refractivity contribution in [3.63, 3.8) is 0 Å². The molecule has 0 radical (unpaired) electrons. The summed E-state index contributed by atoms with van der Waals surface area (Å²) >= 11 is 1.60. The van der Waals surface area contributed by atoms with Crippen molar-refractivity contribution in [2.24, 2.45) is 23.7 Å². The monoisotopic (exact) mass is 413 g/mol. The molecule has 0 saturated heterocycles. The van der Waals surface area contributed by atoms with Gasteiger partial charge < -0.3 is 0 Å². The summed E-state index contributed by atoms with van der Waals surface area (Å²) in [4.78, 5) is 1.36. The van der Waals surface area contributed by atoms with E-state index in [0.717, 1.165) is 28.6 Å². The molecule has 4 saturated carbocycles. The largest absolute Gasteiger partial charge is 0.280 e. The molecule has 0 aliphatic heterocycles. The van der Waals surface area contributed by atoms with Gasteiger partial charge in [-0.3, -0.25) is 4.72 Å². The number of thioether (sulfide) groups is 1. The van der Waals surface area contributed by atoms with Gasteiger partial charge in [0.1, 0.15) is 0 Å². The van der Waals surface area contributed by atoms with Crippen LogP contribution in [0.15, 0.2) is 58.3 Å². The van der Waals surface area contributed by atoms with Crippen LogP contribution in [0.1, 0.15) is 43.6 Å². The molecule has 28 heavy (non-hydrogen) atoms. The minimum atomic E-state index is -3.55. The number of hydrogen-bond donors (Lipinski definition) is 1. The molecule has 0 aromatic heterocycles. The van der Waals surface area contributed by atoms with E-state index in [1.807, 2.05) is 30.5 Å². The number of sulfonamides is 1. The molecule has 0 amide bonds. The quantitative estimate of drug-likeness (QED) is 0.635. The zero-order chi connectivity index (χ0) is 19.3. The van der Waals surface area contributed by atoms with E-state index in [9.17, 15) is 8.42 Å². The van der Waals surface area contributed by atoms with Crippen LogP contribution in [0.25, 0.3) is 0 Å². The second kappa shape index (κ2) is 7.10. The molecule has 6 rings (SSSR count). The van der Waals surface area contributed by atoms with E-state index in [1.54, 1.807) is 23.9 Å². The van der Waals surface area contributed by atoms with Crippen molar-refractivity contribution in [3.05, 3.63) is 54.1 Å². The lowest BCUT2D eigenvalue weighted by Crippen LogP contribution is -2.43. The fraction of sp³-hybridized carbons (Fsp3) is 0.478. The van der Waals surface area contributed by atoms with Crippen LogP contribution in [-0.4, -0.2) is 14.7 Å². The van der Waals surface area contributed by atoms with Gasteiger partial charge >= 0.3 is 0 Å². The molecule has 0 spiro atoms. The Hall–Kier alpha value is -1.46. The van der Waals surface area contributed by atoms with Gasteiger partial charge in [-0.05, 0) is 110 Å². The van der Waals surface area contributed by atoms with E-state index < -0.39 is 10.0 Å². The van der Waals surface area contributed by atoms with Gasteiger partial charge in [0.2, 0.25) is 0 Å². The second-order valence-corrected chi connectivity index (χ2v) is 11.4. The first-order chi connectivity index (χ1) is 13.5. The highest BCUT2D eigenvalue weighted by Gasteiger charge is 2.48. The highest BCUT2D eigenvalue weighted by Crippen LogP contribution is 2.59. The van der Waals surface area contributed by atoms with E-state index in [0.29, 0.717) is 16.5 Å². The van der Waals surface area contributed by atoms with Crippen LogP contribution in [0.5, 0.6) is 0 Å². The molecule has 0 heterocycles. The Morgan fingerprint density at radius 3 is 1.93 bits per heavy atom. The lowest BCUT2D eigenvalue weighted by Gasteiger charge is -2.54. The molecule has 4 fully saturated rings. The van der Waals surface area contributed by atoms with Gasteiger partial charge in [0.05, 0.1) is 4.90 Å². The number of hydrogen-bond acceptors (Lipinski definition) is 3. The van der Waals surface area contributed by atoms with E-state index in [-0.39, 0.29) is 0 Å². The van der Waals surface area contributed by atoms with Crippen LogP contribution in [0.2, 0.25) is 0 Å². The van der Waals surface area contributed by atoms with E-state index >= 15 is 0 Å². The average Bonchev–Trinajstić information content (AvgIpc) is 2.68. The molecule has 3 nitrogen and oxygen atoms in total. The van der Waals surface area contributed by atoms with Crippen molar-refractivity contribution >= 4 is 27.5 Å². The van der Waals surface area contributed by atoms with Crippen LogP contribution in [-0.2, 0) is 10.0 Å². The number of nitrogens with one attached hydrogen (secondary N) is 1. The average molecular weight is 414 g/mol. The molecule has 1 N–H and O–H groups in total. The van der Waals surface area contributed by atoms with E-state index in [4.69, 9.17) is 0 Å². The summed E-state index contributed by atoms with van der Waals surface area (Å²) in [5.74, 6) is 4.31. The zero-order valence-corrected chi connectivity index (χ0v) is 17.8. The lowest BCUT2D eigenvalue weighted by molar-refractivity contribution is -0.00277. The summed E-state index contributed by atoms with van der Waals surface area (Å²) < 4.78 is 28.1. The summed E-state index contributed by atoms with van der Waals surface area (Å²) in [5.41, 5.74) is 2.04. The molecule has 0 unspecified atom stereocenters. The van der Waals surface area contributed by atoms with Crippen molar-refractivity contribution < 1.29 is 8.42 Å². The van der Waals surface area contributed by atoms with Crippen molar-refractivity contribution in [2.45, 2.75) is 47.8 Å². The normalized spacial score (nSPS) is 31.1. The van der Waals surface area contributed by atoms with Gasteiger partial charge in [-0.1, -0.05) is 12.1 Å². The number of anilines is 1. The third-order valence-electron chi connectivity index (χ3n) is 7.14. The van der Waals surface area contributed by atoms with Crippen LogP contribution < -0.4 is 4.72 Å². The van der Waals surface area contributed by atoms with Crippen molar-refractivity contribution in [1.29, 1.82) is 0 Å². The Balaban J connectivity index is 1.32. The number of rotatable bonds is 5. The molecule has 148 valence electrons. The molecule has 4 aliphatic carbocycles. The SMILES string of the molecule is CSc1ccc(S(=O)(=O)Nc2ccc(C3C4CC5CC(C4)CC3C5)cc2)cc1. The van der Waals surface area contributed by atoms with Gasteiger partial charge in [-0.25, -0.2) is 8.42 Å². The van der Waals surface area contributed by atoms with Gasteiger partial charge in [0.15, 0.2) is 0 Å². The third kappa shape index (κ3) is 3.37. The molecule has 0 atom stereocenters. The Kier molecular flexibility index (Phi) is 4.71. The highest BCUT2D eigenvalue weighted by atomic mass is 32.2. The van der Waals surface area contributed by atoms with Crippen molar-refractivity contribution in [3.8, 4) is 0 Å². The summed E-state index contributed by atoms with van der Waals surface area (Å²) in [5, 5.41) is 0. The standard InChI is InChI=1S/C23H27NO2S2/c1-27-21-6-8-22(9-7-21)28(25,26)24-20-4-2-17(3-5-20)23-18-11-15-10-16(13-18)14-19(23)12-15/h2-9,15-16,18-19,23-24H,10-14H2,1H3. The predicted octanol–water partition coefficient (Wildman–Crippen LogP) is 5.75. The maximum atomic E-state index is 12.7. The topological polar surface area (TPSA) is 46.2 Å². The summed E-state index contributed by atoms with van der Waals surface area (Å²) in [6.45, 7) is 0. The Labute approximate surface area is 172 Å². The molecule has 2 aromatic carbocycles. The van der Waals surface area contributed by atoms with Crippen LogP contribution in [0, 0.1) is 23.7 Å². The first-order valence-electron chi connectivity index (χ1n) is 10.3. The first kappa shape index (κ1) is 18.6. The minimum absolute atomic E-state index is 0.301. The van der Waals surface area contributed by atoms with Gasteiger partial charge in [-0.15, -0.1) is 11.8 Å². The van der Waals surface area contributed by atoms with Gasteiger partial charge in [0, 0.05) is 10.6 Å².